The summed E-state index contributed by atoms with van der Waals surface area (Å²) in [7, 11) is 0. The fraction of sp³-hybridized carbons (Fsp3) is 0.238. The molecule has 8 rings (SSSR count). The zero-order valence-electron chi connectivity index (χ0n) is 28.2. The van der Waals surface area contributed by atoms with Gasteiger partial charge in [-0.25, -0.2) is 4.90 Å². The molecule has 10 heteroatoms. The molecule has 0 unspecified atom stereocenters. The Balaban J connectivity index is 1.35. The number of hydrogen-bond donors (Lipinski definition) is 1. The first-order chi connectivity index (χ1) is 25.2. The quantitative estimate of drug-likeness (QED) is 0.0971. The highest BCUT2D eigenvalue weighted by Gasteiger charge is 2.66. The van der Waals surface area contributed by atoms with Crippen molar-refractivity contribution in [2.75, 3.05) is 11.5 Å². The zero-order valence-corrected chi connectivity index (χ0v) is 28.2. The molecule has 3 aliphatic carbocycles. The molecule has 2 amide bonds. The van der Waals surface area contributed by atoms with Crippen LogP contribution in [0.1, 0.15) is 42.4 Å². The number of aromatic hydroxyl groups is 1. The van der Waals surface area contributed by atoms with E-state index >= 15 is 9.59 Å². The van der Waals surface area contributed by atoms with E-state index in [4.69, 9.17) is 4.74 Å². The number of nitro benzene ring substituents is 1. The van der Waals surface area contributed by atoms with Crippen molar-refractivity contribution in [3.8, 4) is 11.5 Å². The van der Waals surface area contributed by atoms with Gasteiger partial charge in [0.05, 0.1) is 34.5 Å². The van der Waals surface area contributed by atoms with Gasteiger partial charge in [0.15, 0.2) is 23.1 Å². The summed E-state index contributed by atoms with van der Waals surface area (Å²) in [6.45, 7) is 2.07. The second-order valence-corrected chi connectivity index (χ2v) is 13.7. The van der Waals surface area contributed by atoms with Crippen LogP contribution in [0.2, 0.25) is 0 Å². The molecule has 260 valence electrons. The van der Waals surface area contributed by atoms with Crippen molar-refractivity contribution < 1.29 is 33.9 Å². The molecule has 1 saturated carbocycles. The van der Waals surface area contributed by atoms with Gasteiger partial charge in [0.2, 0.25) is 11.8 Å². The largest absolute Gasteiger partial charge is 0.504 e. The Morgan fingerprint density at radius 2 is 1.62 bits per heavy atom. The average molecular weight is 695 g/mol. The number of fused-ring (bicyclic) bond motifs is 4. The molecule has 52 heavy (non-hydrogen) atoms. The molecule has 4 aromatic carbocycles. The highest BCUT2D eigenvalue weighted by molar-refractivity contribution is 6.32. The van der Waals surface area contributed by atoms with Gasteiger partial charge >= 0.3 is 0 Å². The van der Waals surface area contributed by atoms with E-state index in [2.05, 4.69) is 0 Å². The number of allylic oxidation sites excluding steroid dienone is 4. The SMILES string of the molecule is CCOc1cc([C@H]2C3=CC[C@@H]4C(=O)N(c5cccc([N+](=O)[O-])c5)C(=O)[C@@H]4[C@@H]3C[C@H]3C(=O)C(c4ccccc4)=CC(=O)[C@@]23c2ccccc2)ccc1O. The van der Waals surface area contributed by atoms with Gasteiger partial charge < -0.3 is 9.84 Å². The van der Waals surface area contributed by atoms with Crippen molar-refractivity contribution >= 4 is 40.3 Å². The Kier molecular flexibility index (Phi) is 7.97. The Bertz CT molecular complexity index is 2230. The number of Topliss-reactive ketones (excluding diaryl/α,β-unsaturated/α-hetero) is 1. The number of rotatable bonds is 7. The monoisotopic (exact) mass is 694 g/mol. The number of nitrogens with zero attached hydrogens (tertiary/aromatic N) is 2. The van der Waals surface area contributed by atoms with Crippen LogP contribution in [-0.4, -0.2) is 40.0 Å². The lowest BCUT2D eigenvalue weighted by molar-refractivity contribution is -0.384. The molecule has 1 heterocycles. The third kappa shape index (κ3) is 4.85. The topological polar surface area (TPSA) is 144 Å². The van der Waals surface area contributed by atoms with Gasteiger partial charge in [0, 0.05) is 29.5 Å². The Hall–Kier alpha value is -6.16. The second kappa shape index (κ2) is 12.6. The number of imide groups is 1. The molecular formula is C42H34N2O8. The normalized spacial score (nSPS) is 26.6. The summed E-state index contributed by atoms with van der Waals surface area (Å²) >= 11 is 0. The first-order valence-electron chi connectivity index (χ1n) is 17.4. The number of amides is 2. The maximum Gasteiger partial charge on any atom is 0.271 e. The summed E-state index contributed by atoms with van der Waals surface area (Å²) in [6.07, 6.45) is 3.72. The van der Waals surface area contributed by atoms with Gasteiger partial charge in [0.25, 0.3) is 5.69 Å². The molecule has 1 N–H and O–H groups in total. The number of carbonyl (C=O) groups is 4. The van der Waals surface area contributed by atoms with Gasteiger partial charge in [-0.05, 0) is 66.6 Å². The van der Waals surface area contributed by atoms with E-state index in [0.717, 1.165) is 10.5 Å². The van der Waals surface area contributed by atoms with Crippen LogP contribution in [-0.2, 0) is 24.6 Å². The predicted molar refractivity (Wildman–Crippen MR) is 191 cm³/mol. The molecule has 1 saturated heterocycles. The van der Waals surface area contributed by atoms with Crippen molar-refractivity contribution in [1.29, 1.82) is 0 Å². The first-order valence-corrected chi connectivity index (χ1v) is 17.4. The summed E-state index contributed by atoms with van der Waals surface area (Å²) in [6, 6.07) is 28.7. The fourth-order valence-electron chi connectivity index (χ4n) is 9.23. The van der Waals surface area contributed by atoms with Crippen LogP contribution < -0.4 is 9.64 Å². The molecule has 1 aliphatic heterocycles. The molecule has 6 atom stereocenters. The van der Waals surface area contributed by atoms with Crippen LogP contribution in [0.15, 0.2) is 121 Å². The van der Waals surface area contributed by atoms with Crippen LogP contribution in [0.5, 0.6) is 11.5 Å². The number of benzene rings is 4. The Morgan fingerprint density at radius 3 is 2.33 bits per heavy atom. The zero-order chi connectivity index (χ0) is 36.3. The van der Waals surface area contributed by atoms with Gasteiger partial charge in [-0.15, -0.1) is 0 Å². The maximum atomic E-state index is 15.2. The van der Waals surface area contributed by atoms with Crippen LogP contribution in [0.3, 0.4) is 0 Å². The van der Waals surface area contributed by atoms with Crippen molar-refractivity contribution in [1.82, 2.24) is 0 Å². The highest BCUT2D eigenvalue weighted by Crippen LogP contribution is 2.64. The molecule has 2 fully saturated rings. The van der Waals surface area contributed by atoms with Crippen molar-refractivity contribution in [2.24, 2.45) is 23.7 Å². The highest BCUT2D eigenvalue weighted by atomic mass is 16.6. The number of hydrogen-bond acceptors (Lipinski definition) is 8. The van der Waals surface area contributed by atoms with E-state index in [1.807, 2.05) is 42.5 Å². The summed E-state index contributed by atoms with van der Waals surface area (Å²) in [5.74, 6) is -5.29. The molecule has 4 aromatic rings. The minimum atomic E-state index is -1.43. The number of carbonyl (C=O) groups excluding carboxylic acids is 4. The lowest BCUT2D eigenvalue weighted by Gasteiger charge is -2.55. The fourth-order valence-corrected chi connectivity index (χ4v) is 9.23. The van der Waals surface area contributed by atoms with E-state index in [1.165, 1.54) is 36.4 Å². The Morgan fingerprint density at radius 1 is 0.885 bits per heavy atom. The third-order valence-corrected chi connectivity index (χ3v) is 11.3. The Labute approximate surface area is 299 Å². The van der Waals surface area contributed by atoms with E-state index in [9.17, 15) is 24.8 Å². The molecule has 0 bridgehead atoms. The van der Waals surface area contributed by atoms with Crippen LogP contribution in [0.25, 0.3) is 5.57 Å². The van der Waals surface area contributed by atoms with E-state index in [-0.39, 0.29) is 59.5 Å². The van der Waals surface area contributed by atoms with Crippen LogP contribution in [0, 0.1) is 33.8 Å². The molecular weight excluding hydrogens is 660 g/mol. The van der Waals surface area contributed by atoms with Gasteiger partial charge in [-0.1, -0.05) is 84.4 Å². The molecule has 0 spiro atoms. The number of ketones is 2. The lowest BCUT2D eigenvalue weighted by atomic mass is 9.44. The lowest BCUT2D eigenvalue weighted by Crippen LogP contribution is -2.58. The van der Waals surface area contributed by atoms with Gasteiger partial charge in [-0.3, -0.25) is 29.3 Å². The van der Waals surface area contributed by atoms with E-state index in [1.54, 1.807) is 43.3 Å². The van der Waals surface area contributed by atoms with Gasteiger partial charge in [0.1, 0.15) is 0 Å². The number of phenols is 1. The minimum absolute atomic E-state index is 0.0811. The van der Waals surface area contributed by atoms with Crippen molar-refractivity contribution in [3.63, 3.8) is 0 Å². The van der Waals surface area contributed by atoms with E-state index < -0.39 is 51.7 Å². The predicted octanol–water partition coefficient (Wildman–Crippen LogP) is 6.73. The average Bonchev–Trinajstić information content (AvgIpc) is 3.42. The van der Waals surface area contributed by atoms with Crippen LogP contribution in [0.4, 0.5) is 11.4 Å². The van der Waals surface area contributed by atoms with E-state index in [0.29, 0.717) is 16.7 Å². The van der Waals surface area contributed by atoms with Crippen molar-refractivity contribution in [3.05, 3.63) is 148 Å². The minimum Gasteiger partial charge on any atom is -0.504 e. The molecule has 4 aliphatic rings. The maximum absolute atomic E-state index is 15.2. The number of nitro groups is 1. The number of non-ortho nitro benzene ring substituents is 1. The summed E-state index contributed by atoms with van der Waals surface area (Å²) in [5, 5.41) is 22.4. The van der Waals surface area contributed by atoms with Crippen LogP contribution >= 0.6 is 0 Å². The second-order valence-electron chi connectivity index (χ2n) is 13.7. The third-order valence-electron chi connectivity index (χ3n) is 11.3. The standard InChI is InChI=1S/C42H34N2O8/c1-2-52-35-20-25(16-19-34(35)45)38-29-17-18-30-37(41(49)43(40(30)48)27-14-9-15-28(21-27)44(50)51)32(29)22-33-39(47)31(24-10-5-3-6-11-24)23-36(46)42(33,38)26-12-7-4-8-13-26/h3-17,19-21,23,30,32-33,37-38,45H,2,18,22H2,1H3/t30-,32+,33-,37-,38-,42-/m0/s1. The summed E-state index contributed by atoms with van der Waals surface area (Å²) in [5.41, 5.74) is 1.35. The number of phenolic OH excluding ortho intramolecular Hbond substituents is 1. The number of ether oxygens (including phenoxy) is 1. The number of anilines is 1. The van der Waals surface area contributed by atoms with Crippen molar-refractivity contribution in [2.45, 2.75) is 31.1 Å². The molecule has 0 aromatic heterocycles. The molecule has 10 nitrogen and oxygen atoms in total. The summed E-state index contributed by atoms with van der Waals surface area (Å²) < 4.78 is 5.81. The summed E-state index contributed by atoms with van der Waals surface area (Å²) in [4.78, 5) is 70.9. The first kappa shape index (κ1) is 33.0. The van der Waals surface area contributed by atoms with Gasteiger partial charge in [-0.2, -0.15) is 0 Å². The molecule has 0 radical (unpaired) electrons. The smallest absolute Gasteiger partial charge is 0.271 e.